The van der Waals surface area contributed by atoms with Crippen LogP contribution >= 0.6 is 22.9 Å². The lowest BCUT2D eigenvalue weighted by molar-refractivity contribution is 0.102. The fraction of sp³-hybridized carbons (Fsp3) is 0.0952. The van der Waals surface area contributed by atoms with Crippen molar-refractivity contribution >= 4 is 39.5 Å². The number of benzene rings is 2. The molecule has 4 aromatic rings. The normalized spacial score (nSPS) is 11.0. The van der Waals surface area contributed by atoms with E-state index in [9.17, 15) is 9.59 Å². The van der Waals surface area contributed by atoms with Gasteiger partial charge in [0.15, 0.2) is 4.96 Å². The number of hydrogen-bond donors (Lipinski definition) is 1. The maximum absolute atomic E-state index is 13.1. The summed E-state index contributed by atoms with van der Waals surface area (Å²) in [5.74, 6) is -0.494. The number of aryl methyl sites for hydroxylation is 2. The van der Waals surface area contributed by atoms with Crippen molar-refractivity contribution in [1.29, 1.82) is 0 Å². The molecule has 2 aromatic heterocycles. The maximum atomic E-state index is 13.1. The van der Waals surface area contributed by atoms with Crippen molar-refractivity contribution in [3.8, 4) is 11.3 Å². The minimum absolute atomic E-state index is 0.0255. The molecule has 0 spiro atoms. The van der Waals surface area contributed by atoms with Crippen molar-refractivity contribution in [2.24, 2.45) is 0 Å². The molecule has 0 saturated carbocycles. The number of fused-ring (bicyclic) bond motifs is 1. The lowest BCUT2D eigenvalue weighted by Gasteiger charge is -2.08. The lowest BCUT2D eigenvalue weighted by atomic mass is 10.1. The van der Waals surface area contributed by atoms with Crippen LogP contribution in [0.2, 0.25) is 5.02 Å². The molecule has 0 aliphatic rings. The van der Waals surface area contributed by atoms with Crippen LogP contribution in [0, 0.1) is 13.8 Å². The van der Waals surface area contributed by atoms with E-state index >= 15 is 0 Å². The summed E-state index contributed by atoms with van der Waals surface area (Å²) < 4.78 is 1.43. The van der Waals surface area contributed by atoms with Gasteiger partial charge in [0.2, 0.25) is 0 Å². The summed E-state index contributed by atoms with van der Waals surface area (Å²) in [5, 5.41) is 5.12. The Hall–Kier alpha value is -2.96. The van der Waals surface area contributed by atoms with Gasteiger partial charge in [0.05, 0.1) is 5.69 Å². The highest BCUT2D eigenvalue weighted by Crippen LogP contribution is 2.30. The Bertz CT molecular complexity index is 1280. The van der Waals surface area contributed by atoms with Crippen molar-refractivity contribution in [1.82, 2.24) is 9.38 Å². The largest absolute Gasteiger partial charge is 0.322 e. The summed E-state index contributed by atoms with van der Waals surface area (Å²) in [6.07, 6.45) is 1.32. The molecular formula is C21H16ClN3O2S. The predicted octanol–water partition coefficient (Wildman–Crippen LogP) is 4.95. The molecule has 0 bridgehead atoms. The monoisotopic (exact) mass is 409 g/mol. The van der Waals surface area contributed by atoms with Crippen LogP contribution in [-0.4, -0.2) is 15.3 Å². The third kappa shape index (κ3) is 3.21. The Balaban J connectivity index is 1.78. The Morgan fingerprint density at radius 2 is 1.93 bits per heavy atom. The number of halogens is 1. The number of nitrogens with one attached hydrogen (secondary N) is 1. The summed E-state index contributed by atoms with van der Waals surface area (Å²) >= 11 is 7.62. The second-order valence-electron chi connectivity index (χ2n) is 6.45. The first kappa shape index (κ1) is 18.4. The van der Waals surface area contributed by atoms with Crippen molar-refractivity contribution in [2.75, 3.05) is 5.32 Å². The van der Waals surface area contributed by atoms with Crippen LogP contribution in [0.5, 0.6) is 0 Å². The molecule has 0 radical (unpaired) electrons. The lowest BCUT2D eigenvalue weighted by Crippen LogP contribution is -2.26. The molecule has 0 saturated heterocycles. The zero-order valence-corrected chi connectivity index (χ0v) is 16.8. The molecule has 140 valence electrons. The highest BCUT2D eigenvalue weighted by atomic mass is 35.5. The molecule has 0 aliphatic heterocycles. The van der Waals surface area contributed by atoms with Gasteiger partial charge in [-0.15, -0.1) is 11.3 Å². The van der Waals surface area contributed by atoms with Crippen LogP contribution in [0.15, 0.2) is 58.8 Å². The number of amides is 1. The Morgan fingerprint density at radius 1 is 1.14 bits per heavy atom. The Morgan fingerprint density at radius 3 is 2.68 bits per heavy atom. The van der Waals surface area contributed by atoms with Crippen LogP contribution in [0.25, 0.3) is 16.2 Å². The van der Waals surface area contributed by atoms with Gasteiger partial charge in [0, 0.05) is 27.9 Å². The number of rotatable bonds is 3. The van der Waals surface area contributed by atoms with E-state index in [1.165, 1.54) is 21.9 Å². The fourth-order valence-corrected chi connectivity index (χ4v) is 4.01. The number of thiazole rings is 1. The third-order valence-corrected chi connectivity index (χ3v) is 5.77. The summed E-state index contributed by atoms with van der Waals surface area (Å²) in [6.45, 7) is 3.96. The van der Waals surface area contributed by atoms with Gasteiger partial charge < -0.3 is 5.32 Å². The second-order valence-corrected chi connectivity index (χ2v) is 7.69. The molecule has 0 atom stereocenters. The molecule has 1 N–H and O–H groups in total. The molecule has 28 heavy (non-hydrogen) atoms. The smallest absolute Gasteiger partial charge is 0.271 e. The van der Waals surface area contributed by atoms with E-state index in [0.29, 0.717) is 26.9 Å². The molecule has 0 unspecified atom stereocenters. The molecule has 1 amide bonds. The standard InChI is InChI=1S/C21H16ClN3O2S/c1-12-7-8-14(9-13(12)2)24-19(26)16-10-23-21-25(20(16)27)18(11-28-21)15-5-3-4-6-17(15)22/h3-11H,1-2H3,(H,24,26). The van der Waals surface area contributed by atoms with Crippen LogP contribution in [0.1, 0.15) is 21.5 Å². The number of carbonyl (C=O) groups is 1. The Labute approximate surface area is 170 Å². The SMILES string of the molecule is Cc1ccc(NC(=O)c2cnc3scc(-c4ccccc4Cl)n3c2=O)cc1C. The van der Waals surface area contributed by atoms with Crippen LogP contribution in [0.4, 0.5) is 5.69 Å². The van der Waals surface area contributed by atoms with Gasteiger partial charge in [-0.2, -0.15) is 0 Å². The topological polar surface area (TPSA) is 63.5 Å². The summed E-state index contributed by atoms with van der Waals surface area (Å²) in [7, 11) is 0. The van der Waals surface area contributed by atoms with Gasteiger partial charge in [-0.3, -0.25) is 14.0 Å². The number of nitrogens with zero attached hydrogens (tertiary/aromatic N) is 2. The van der Waals surface area contributed by atoms with Crippen molar-refractivity contribution in [2.45, 2.75) is 13.8 Å². The molecular weight excluding hydrogens is 394 g/mol. The molecule has 5 nitrogen and oxygen atoms in total. The van der Waals surface area contributed by atoms with E-state index in [4.69, 9.17) is 11.6 Å². The quantitative estimate of drug-likeness (QED) is 0.521. The highest BCUT2D eigenvalue weighted by molar-refractivity contribution is 7.15. The maximum Gasteiger partial charge on any atom is 0.271 e. The molecule has 7 heteroatoms. The summed E-state index contributed by atoms with van der Waals surface area (Å²) in [4.78, 5) is 30.6. The zero-order valence-electron chi connectivity index (χ0n) is 15.2. The zero-order chi connectivity index (χ0) is 19.8. The summed E-state index contributed by atoms with van der Waals surface area (Å²) in [6, 6.07) is 12.9. The number of anilines is 1. The molecule has 2 aromatic carbocycles. The van der Waals surface area contributed by atoms with Gasteiger partial charge >= 0.3 is 0 Å². The van der Waals surface area contributed by atoms with E-state index in [1.54, 1.807) is 6.07 Å². The first-order chi connectivity index (χ1) is 13.5. The van der Waals surface area contributed by atoms with Gasteiger partial charge in [0.1, 0.15) is 5.56 Å². The van der Waals surface area contributed by atoms with Gasteiger partial charge in [-0.25, -0.2) is 4.98 Å². The number of aromatic nitrogens is 2. The van der Waals surface area contributed by atoms with Crippen molar-refractivity contribution in [3.63, 3.8) is 0 Å². The third-order valence-electron chi connectivity index (χ3n) is 4.60. The van der Waals surface area contributed by atoms with E-state index in [-0.39, 0.29) is 5.56 Å². The molecule has 0 fully saturated rings. The van der Waals surface area contributed by atoms with Gasteiger partial charge in [-0.1, -0.05) is 35.9 Å². The first-order valence-corrected chi connectivity index (χ1v) is 9.84. The number of carbonyl (C=O) groups excluding carboxylic acids is 1. The van der Waals surface area contributed by atoms with Crippen molar-refractivity contribution in [3.05, 3.63) is 86.1 Å². The van der Waals surface area contributed by atoms with E-state index < -0.39 is 11.5 Å². The van der Waals surface area contributed by atoms with Crippen LogP contribution < -0.4 is 10.9 Å². The van der Waals surface area contributed by atoms with Crippen LogP contribution in [-0.2, 0) is 0 Å². The molecule has 4 rings (SSSR count). The molecule has 2 heterocycles. The first-order valence-electron chi connectivity index (χ1n) is 8.58. The van der Waals surface area contributed by atoms with Gasteiger partial charge in [-0.05, 0) is 43.2 Å². The van der Waals surface area contributed by atoms with E-state index in [1.807, 2.05) is 55.6 Å². The minimum Gasteiger partial charge on any atom is -0.322 e. The van der Waals surface area contributed by atoms with Crippen molar-refractivity contribution < 1.29 is 4.79 Å². The van der Waals surface area contributed by atoms with E-state index in [0.717, 1.165) is 11.1 Å². The van der Waals surface area contributed by atoms with Gasteiger partial charge in [0.25, 0.3) is 11.5 Å². The fourth-order valence-electron chi connectivity index (χ4n) is 2.92. The van der Waals surface area contributed by atoms with Crippen LogP contribution in [0.3, 0.4) is 0 Å². The highest BCUT2D eigenvalue weighted by Gasteiger charge is 2.18. The van der Waals surface area contributed by atoms with E-state index in [2.05, 4.69) is 10.3 Å². The average Bonchev–Trinajstić information content (AvgIpc) is 3.10. The predicted molar refractivity (Wildman–Crippen MR) is 114 cm³/mol. The second kappa shape index (κ2) is 7.22. The summed E-state index contributed by atoms with van der Waals surface area (Å²) in [5.41, 5.74) is 3.69. The average molecular weight is 410 g/mol. The minimum atomic E-state index is -0.494. The Kier molecular flexibility index (Phi) is 4.75. The number of hydrogen-bond acceptors (Lipinski definition) is 4. The molecule has 0 aliphatic carbocycles.